The highest BCUT2D eigenvalue weighted by molar-refractivity contribution is 6.06. The SMILES string of the molecule is Cc1cc(C(=O)NCCCN2CCC(O)CC2)c2ccc(F)cc2n1. The Morgan fingerprint density at radius 3 is 2.88 bits per heavy atom. The van der Waals surface area contributed by atoms with Crippen LogP contribution in [0.3, 0.4) is 0 Å². The number of hydrogen-bond donors (Lipinski definition) is 2. The van der Waals surface area contributed by atoms with Gasteiger partial charge < -0.3 is 15.3 Å². The number of pyridine rings is 1. The zero-order chi connectivity index (χ0) is 17.8. The van der Waals surface area contributed by atoms with Crippen LogP contribution in [0.5, 0.6) is 0 Å². The molecule has 3 rings (SSSR count). The van der Waals surface area contributed by atoms with Crippen molar-refractivity contribution in [3.8, 4) is 0 Å². The van der Waals surface area contributed by atoms with Crippen molar-refractivity contribution in [3.63, 3.8) is 0 Å². The molecule has 1 fully saturated rings. The van der Waals surface area contributed by atoms with Crippen molar-refractivity contribution < 1.29 is 14.3 Å². The van der Waals surface area contributed by atoms with E-state index < -0.39 is 0 Å². The highest BCUT2D eigenvalue weighted by Gasteiger charge is 2.16. The number of fused-ring (bicyclic) bond motifs is 1. The number of aryl methyl sites for hydroxylation is 1. The molecule has 0 unspecified atom stereocenters. The molecule has 1 aromatic heterocycles. The lowest BCUT2D eigenvalue weighted by atomic mass is 10.1. The molecule has 134 valence electrons. The minimum atomic E-state index is -0.358. The molecule has 6 heteroatoms. The van der Waals surface area contributed by atoms with Crippen LogP contribution in [-0.4, -0.2) is 53.2 Å². The fourth-order valence-electron chi connectivity index (χ4n) is 3.26. The Labute approximate surface area is 146 Å². The zero-order valence-electron chi connectivity index (χ0n) is 14.5. The first-order chi connectivity index (χ1) is 12.0. The molecule has 0 bridgehead atoms. The molecule has 5 nitrogen and oxygen atoms in total. The van der Waals surface area contributed by atoms with E-state index in [1.165, 1.54) is 12.1 Å². The minimum absolute atomic E-state index is 0.156. The quantitative estimate of drug-likeness (QED) is 0.816. The van der Waals surface area contributed by atoms with Crippen LogP contribution >= 0.6 is 0 Å². The number of aromatic nitrogens is 1. The number of piperidine rings is 1. The van der Waals surface area contributed by atoms with Gasteiger partial charge in [0.15, 0.2) is 0 Å². The van der Waals surface area contributed by atoms with Crippen LogP contribution in [0.2, 0.25) is 0 Å². The monoisotopic (exact) mass is 345 g/mol. The standard InChI is InChI=1S/C19H24FN3O2/c1-13-11-17(16-4-3-14(20)12-18(16)22-13)19(25)21-7-2-8-23-9-5-15(24)6-10-23/h3-4,11-12,15,24H,2,5-10H2,1H3,(H,21,25). The highest BCUT2D eigenvalue weighted by atomic mass is 19.1. The third kappa shape index (κ3) is 4.52. The van der Waals surface area contributed by atoms with E-state index in [2.05, 4.69) is 15.2 Å². The lowest BCUT2D eigenvalue weighted by Crippen LogP contribution is -2.37. The van der Waals surface area contributed by atoms with E-state index >= 15 is 0 Å². The molecule has 1 aliphatic heterocycles. The molecule has 0 atom stereocenters. The Morgan fingerprint density at radius 1 is 1.36 bits per heavy atom. The van der Waals surface area contributed by atoms with Crippen LogP contribution in [0.15, 0.2) is 24.3 Å². The van der Waals surface area contributed by atoms with Crippen LogP contribution in [0.4, 0.5) is 4.39 Å². The largest absolute Gasteiger partial charge is 0.393 e. The molecule has 2 aromatic rings. The molecule has 0 radical (unpaired) electrons. The molecule has 1 aliphatic rings. The van der Waals surface area contributed by atoms with Gasteiger partial charge in [0.2, 0.25) is 0 Å². The Bertz CT molecular complexity index is 752. The summed E-state index contributed by atoms with van der Waals surface area (Å²) in [6, 6.07) is 6.04. The van der Waals surface area contributed by atoms with E-state index in [1.54, 1.807) is 19.1 Å². The molecular formula is C19H24FN3O2. The lowest BCUT2D eigenvalue weighted by Gasteiger charge is -2.29. The first kappa shape index (κ1) is 17.8. The summed E-state index contributed by atoms with van der Waals surface area (Å²) in [4.78, 5) is 19.1. The first-order valence-corrected chi connectivity index (χ1v) is 8.78. The topological polar surface area (TPSA) is 65.5 Å². The third-order valence-corrected chi connectivity index (χ3v) is 4.64. The van der Waals surface area contributed by atoms with Gasteiger partial charge in [0, 0.05) is 36.8 Å². The fraction of sp³-hybridized carbons (Fsp3) is 0.474. The van der Waals surface area contributed by atoms with Crippen molar-refractivity contribution in [1.82, 2.24) is 15.2 Å². The lowest BCUT2D eigenvalue weighted by molar-refractivity contribution is 0.0816. The van der Waals surface area contributed by atoms with Crippen LogP contribution in [0.1, 0.15) is 35.3 Å². The summed E-state index contributed by atoms with van der Waals surface area (Å²) in [6.45, 7) is 5.12. The molecule has 1 aromatic carbocycles. The summed E-state index contributed by atoms with van der Waals surface area (Å²) in [5, 5.41) is 13.1. The highest BCUT2D eigenvalue weighted by Crippen LogP contribution is 2.19. The van der Waals surface area contributed by atoms with E-state index in [-0.39, 0.29) is 17.8 Å². The second kappa shape index (κ2) is 7.89. The molecule has 0 saturated carbocycles. The summed E-state index contributed by atoms with van der Waals surface area (Å²) in [5.41, 5.74) is 1.72. The minimum Gasteiger partial charge on any atom is -0.393 e. The van der Waals surface area contributed by atoms with Gasteiger partial charge in [-0.15, -0.1) is 0 Å². The smallest absolute Gasteiger partial charge is 0.252 e. The number of benzene rings is 1. The van der Waals surface area contributed by atoms with Crippen LogP contribution in [-0.2, 0) is 0 Å². The number of aliphatic hydroxyl groups is 1. The van der Waals surface area contributed by atoms with E-state index in [1.807, 2.05) is 0 Å². The van der Waals surface area contributed by atoms with E-state index in [9.17, 15) is 14.3 Å². The summed E-state index contributed by atoms with van der Waals surface area (Å²) < 4.78 is 13.4. The van der Waals surface area contributed by atoms with Gasteiger partial charge in [-0.05, 0) is 50.9 Å². The zero-order valence-corrected chi connectivity index (χ0v) is 14.5. The van der Waals surface area contributed by atoms with Crippen molar-refractivity contribution in [3.05, 3.63) is 41.3 Å². The molecule has 1 amide bonds. The first-order valence-electron chi connectivity index (χ1n) is 8.78. The van der Waals surface area contributed by atoms with Gasteiger partial charge in [-0.1, -0.05) is 0 Å². The van der Waals surface area contributed by atoms with Crippen molar-refractivity contribution >= 4 is 16.8 Å². The van der Waals surface area contributed by atoms with Crippen molar-refractivity contribution in [2.45, 2.75) is 32.3 Å². The second-order valence-corrected chi connectivity index (χ2v) is 6.65. The molecular weight excluding hydrogens is 321 g/mol. The normalized spacial score (nSPS) is 16.3. The maximum absolute atomic E-state index is 13.4. The number of amides is 1. The van der Waals surface area contributed by atoms with Crippen LogP contribution < -0.4 is 5.32 Å². The Balaban J connectivity index is 1.57. The van der Waals surface area contributed by atoms with E-state index in [0.717, 1.165) is 38.9 Å². The second-order valence-electron chi connectivity index (χ2n) is 6.65. The van der Waals surface area contributed by atoms with Gasteiger partial charge in [0.25, 0.3) is 5.91 Å². The number of nitrogens with zero attached hydrogens (tertiary/aromatic N) is 2. The average Bonchev–Trinajstić information content (AvgIpc) is 2.59. The molecule has 1 saturated heterocycles. The van der Waals surface area contributed by atoms with E-state index in [0.29, 0.717) is 28.7 Å². The molecule has 0 spiro atoms. The van der Waals surface area contributed by atoms with Crippen LogP contribution in [0.25, 0.3) is 10.9 Å². The number of carbonyl (C=O) groups excluding carboxylic acids is 1. The number of aliphatic hydroxyl groups excluding tert-OH is 1. The summed E-state index contributed by atoms with van der Waals surface area (Å²) in [7, 11) is 0. The number of nitrogens with one attached hydrogen (secondary N) is 1. The average molecular weight is 345 g/mol. The predicted octanol–water partition coefficient (Wildman–Crippen LogP) is 2.26. The van der Waals surface area contributed by atoms with Crippen LogP contribution in [0, 0.1) is 12.7 Å². The number of rotatable bonds is 5. The number of likely N-dealkylation sites (tertiary alicyclic amines) is 1. The summed E-state index contributed by atoms with van der Waals surface area (Å²) >= 11 is 0. The summed E-state index contributed by atoms with van der Waals surface area (Å²) in [5.74, 6) is -0.514. The van der Waals surface area contributed by atoms with Crippen molar-refractivity contribution in [2.24, 2.45) is 0 Å². The molecule has 25 heavy (non-hydrogen) atoms. The molecule has 0 aliphatic carbocycles. The maximum atomic E-state index is 13.4. The Morgan fingerprint density at radius 2 is 2.12 bits per heavy atom. The summed E-state index contributed by atoms with van der Waals surface area (Å²) in [6.07, 6.45) is 2.35. The van der Waals surface area contributed by atoms with Crippen molar-refractivity contribution in [1.29, 1.82) is 0 Å². The predicted molar refractivity (Wildman–Crippen MR) is 95.1 cm³/mol. The number of carbonyl (C=O) groups is 1. The van der Waals surface area contributed by atoms with Gasteiger partial charge in [-0.2, -0.15) is 0 Å². The maximum Gasteiger partial charge on any atom is 0.252 e. The fourth-order valence-corrected chi connectivity index (χ4v) is 3.26. The van der Waals surface area contributed by atoms with Crippen molar-refractivity contribution in [2.75, 3.05) is 26.2 Å². The molecule has 2 heterocycles. The number of hydrogen-bond acceptors (Lipinski definition) is 4. The van der Waals surface area contributed by atoms with Gasteiger partial charge >= 0.3 is 0 Å². The van der Waals surface area contributed by atoms with Gasteiger partial charge in [0.1, 0.15) is 5.82 Å². The van der Waals surface area contributed by atoms with Gasteiger partial charge in [0.05, 0.1) is 17.2 Å². The Hall–Kier alpha value is -2.05. The third-order valence-electron chi connectivity index (χ3n) is 4.64. The number of halogens is 1. The van der Waals surface area contributed by atoms with Gasteiger partial charge in [-0.25, -0.2) is 4.39 Å². The molecule has 2 N–H and O–H groups in total. The van der Waals surface area contributed by atoms with E-state index in [4.69, 9.17) is 0 Å². The Kier molecular flexibility index (Phi) is 5.60. The van der Waals surface area contributed by atoms with Gasteiger partial charge in [-0.3, -0.25) is 9.78 Å².